The first kappa shape index (κ1) is 11.3. The van der Waals surface area contributed by atoms with Gasteiger partial charge in [0, 0.05) is 16.4 Å². The SMILES string of the molecule is CC(C)(O)C(=O)Cc1ccc(Br)cn1. The zero-order valence-corrected chi connectivity index (χ0v) is 9.71. The van der Waals surface area contributed by atoms with Crippen molar-refractivity contribution in [2.24, 2.45) is 0 Å². The Bertz CT molecular complexity index is 327. The highest BCUT2D eigenvalue weighted by atomic mass is 79.9. The number of carbonyl (C=O) groups excluding carboxylic acids is 1. The summed E-state index contributed by atoms with van der Waals surface area (Å²) in [5, 5.41) is 9.42. The maximum atomic E-state index is 11.4. The fourth-order valence-corrected chi connectivity index (χ4v) is 1.13. The zero-order chi connectivity index (χ0) is 10.8. The summed E-state index contributed by atoms with van der Waals surface area (Å²) in [5.74, 6) is -0.229. The van der Waals surface area contributed by atoms with E-state index in [4.69, 9.17) is 0 Å². The minimum atomic E-state index is -1.28. The average molecular weight is 258 g/mol. The molecule has 1 rings (SSSR count). The van der Waals surface area contributed by atoms with Crippen LogP contribution in [0.25, 0.3) is 0 Å². The van der Waals surface area contributed by atoms with Crippen molar-refractivity contribution >= 4 is 21.7 Å². The van der Waals surface area contributed by atoms with E-state index >= 15 is 0 Å². The van der Waals surface area contributed by atoms with Gasteiger partial charge in [-0.1, -0.05) is 0 Å². The molecule has 0 radical (unpaired) electrons. The summed E-state index contributed by atoms with van der Waals surface area (Å²) >= 11 is 3.25. The molecule has 0 unspecified atom stereocenters. The Labute approximate surface area is 91.3 Å². The third-order valence-corrected chi connectivity index (χ3v) is 2.28. The molecule has 0 aromatic carbocycles. The molecule has 1 aromatic rings. The smallest absolute Gasteiger partial charge is 0.169 e. The highest BCUT2D eigenvalue weighted by molar-refractivity contribution is 9.10. The summed E-state index contributed by atoms with van der Waals surface area (Å²) in [4.78, 5) is 15.5. The summed E-state index contributed by atoms with van der Waals surface area (Å²) in [5.41, 5.74) is -0.616. The monoisotopic (exact) mass is 257 g/mol. The van der Waals surface area contributed by atoms with Crippen molar-refractivity contribution in [1.29, 1.82) is 0 Å². The molecule has 0 saturated heterocycles. The molecule has 4 heteroatoms. The fourth-order valence-electron chi connectivity index (χ4n) is 0.892. The van der Waals surface area contributed by atoms with Gasteiger partial charge in [0.25, 0.3) is 0 Å². The van der Waals surface area contributed by atoms with Gasteiger partial charge in [0.1, 0.15) is 5.60 Å². The number of aliphatic hydroxyl groups is 1. The van der Waals surface area contributed by atoms with E-state index in [1.165, 1.54) is 13.8 Å². The molecule has 1 heterocycles. The van der Waals surface area contributed by atoms with Crippen molar-refractivity contribution in [2.45, 2.75) is 25.9 Å². The van der Waals surface area contributed by atoms with E-state index < -0.39 is 5.60 Å². The molecule has 76 valence electrons. The number of pyridine rings is 1. The molecule has 0 aliphatic carbocycles. The van der Waals surface area contributed by atoms with Gasteiger partial charge in [0.15, 0.2) is 5.78 Å². The van der Waals surface area contributed by atoms with Crippen molar-refractivity contribution in [3.63, 3.8) is 0 Å². The molecule has 0 bridgehead atoms. The maximum Gasteiger partial charge on any atom is 0.169 e. The van der Waals surface area contributed by atoms with Crippen molar-refractivity contribution in [1.82, 2.24) is 4.98 Å². The van der Waals surface area contributed by atoms with Gasteiger partial charge < -0.3 is 5.11 Å². The minimum Gasteiger partial charge on any atom is -0.383 e. The number of nitrogens with zero attached hydrogens (tertiary/aromatic N) is 1. The van der Waals surface area contributed by atoms with E-state index in [2.05, 4.69) is 20.9 Å². The molecular weight excluding hydrogens is 246 g/mol. The predicted molar refractivity (Wildman–Crippen MR) is 56.9 cm³/mol. The molecule has 0 fully saturated rings. The number of rotatable bonds is 3. The molecule has 14 heavy (non-hydrogen) atoms. The lowest BCUT2D eigenvalue weighted by molar-refractivity contribution is -0.133. The summed E-state index contributed by atoms with van der Waals surface area (Å²) in [6, 6.07) is 3.58. The van der Waals surface area contributed by atoms with Crippen LogP contribution in [-0.4, -0.2) is 21.5 Å². The van der Waals surface area contributed by atoms with E-state index in [0.717, 1.165) is 4.47 Å². The number of carbonyl (C=O) groups is 1. The largest absolute Gasteiger partial charge is 0.383 e. The number of halogens is 1. The molecule has 0 atom stereocenters. The van der Waals surface area contributed by atoms with Gasteiger partial charge in [-0.2, -0.15) is 0 Å². The standard InChI is InChI=1S/C10H12BrNO2/c1-10(2,14)9(13)5-8-4-3-7(11)6-12-8/h3-4,6,14H,5H2,1-2H3. The fraction of sp³-hybridized carbons (Fsp3) is 0.400. The van der Waals surface area contributed by atoms with Crippen LogP contribution in [0.5, 0.6) is 0 Å². The molecule has 0 aliphatic rings. The van der Waals surface area contributed by atoms with Crippen LogP contribution in [0, 0.1) is 0 Å². The maximum absolute atomic E-state index is 11.4. The van der Waals surface area contributed by atoms with E-state index in [-0.39, 0.29) is 12.2 Å². The first-order chi connectivity index (χ1) is 6.39. The topological polar surface area (TPSA) is 50.2 Å². The first-order valence-electron chi connectivity index (χ1n) is 4.25. The number of hydrogen-bond acceptors (Lipinski definition) is 3. The van der Waals surface area contributed by atoms with Gasteiger partial charge >= 0.3 is 0 Å². The molecule has 0 amide bonds. The molecular formula is C10H12BrNO2. The second-order valence-corrected chi connectivity index (χ2v) is 4.54. The van der Waals surface area contributed by atoms with Crippen LogP contribution in [0.4, 0.5) is 0 Å². The van der Waals surface area contributed by atoms with Crippen molar-refractivity contribution < 1.29 is 9.90 Å². The molecule has 0 spiro atoms. The quantitative estimate of drug-likeness (QED) is 0.898. The third-order valence-electron chi connectivity index (χ3n) is 1.81. The highest BCUT2D eigenvalue weighted by Gasteiger charge is 2.23. The van der Waals surface area contributed by atoms with Gasteiger partial charge in [-0.05, 0) is 41.9 Å². The van der Waals surface area contributed by atoms with E-state index in [9.17, 15) is 9.90 Å². The number of hydrogen-bond donors (Lipinski definition) is 1. The van der Waals surface area contributed by atoms with Gasteiger partial charge in [-0.25, -0.2) is 0 Å². The van der Waals surface area contributed by atoms with Crippen LogP contribution in [0.2, 0.25) is 0 Å². The lowest BCUT2D eigenvalue weighted by atomic mass is 10.00. The number of aromatic nitrogens is 1. The number of Topliss-reactive ketones (excluding diaryl/α,β-unsaturated/α-hetero) is 1. The summed E-state index contributed by atoms with van der Waals surface area (Å²) in [7, 11) is 0. The predicted octanol–water partition coefficient (Wildman–Crippen LogP) is 1.73. The summed E-state index contributed by atoms with van der Waals surface area (Å²) < 4.78 is 0.872. The second kappa shape index (κ2) is 4.19. The van der Waals surface area contributed by atoms with Gasteiger partial charge in [0.05, 0.1) is 6.42 Å². The zero-order valence-electron chi connectivity index (χ0n) is 8.12. The Morgan fingerprint density at radius 2 is 2.21 bits per heavy atom. The van der Waals surface area contributed by atoms with Crippen LogP contribution >= 0.6 is 15.9 Å². The Hall–Kier alpha value is -0.740. The van der Waals surface area contributed by atoms with Crippen LogP contribution < -0.4 is 0 Å². The lowest BCUT2D eigenvalue weighted by Crippen LogP contribution is -2.32. The Morgan fingerprint density at radius 3 is 2.64 bits per heavy atom. The molecule has 0 saturated carbocycles. The van der Waals surface area contributed by atoms with E-state index in [1.54, 1.807) is 12.3 Å². The van der Waals surface area contributed by atoms with E-state index in [0.29, 0.717) is 5.69 Å². The summed E-state index contributed by atoms with van der Waals surface area (Å²) in [6.07, 6.45) is 1.80. The normalized spacial score (nSPS) is 11.4. The summed E-state index contributed by atoms with van der Waals surface area (Å²) in [6.45, 7) is 2.96. The molecule has 0 aliphatic heterocycles. The minimum absolute atomic E-state index is 0.163. The number of ketones is 1. The van der Waals surface area contributed by atoms with Gasteiger partial charge in [0.2, 0.25) is 0 Å². The van der Waals surface area contributed by atoms with Crippen LogP contribution in [0.3, 0.4) is 0 Å². The Kier molecular flexibility index (Phi) is 3.39. The van der Waals surface area contributed by atoms with Gasteiger partial charge in [-0.3, -0.25) is 9.78 Å². The van der Waals surface area contributed by atoms with Gasteiger partial charge in [-0.15, -0.1) is 0 Å². The lowest BCUT2D eigenvalue weighted by Gasteiger charge is -2.14. The van der Waals surface area contributed by atoms with Crippen LogP contribution in [0.1, 0.15) is 19.5 Å². The average Bonchev–Trinajstić information content (AvgIpc) is 2.07. The van der Waals surface area contributed by atoms with Crippen LogP contribution in [-0.2, 0) is 11.2 Å². The van der Waals surface area contributed by atoms with Crippen molar-refractivity contribution in [3.05, 3.63) is 28.5 Å². The molecule has 1 N–H and O–H groups in total. The molecule has 1 aromatic heterocycles. The van der Waals surface area contributed by atoms with Crippen molar-refractivity contribution in [2.75, 3.05) is 0 Å². The Balaban J connectivity index is 2.71. The van der Waals surface area contributed by atoms with Crippen molar-refractivity contribution in [3.8, 4) is 0 Å². The third kappa shape index (κ3) is 3.20. The molecule has 3 nitrogen and oxygen atoms in total. The first-order valence-corrected chi connectivity index (χ1v) is 5.05. The van der Waals surface area contributed by atoms with Crippen LogP contribution in [0.15, 0.2) is 22.8 Å². The second-order valence-electron chi connectivity index (χ2n) is 3.63. The Morgan fingerprint density at radius 1 is 1.57 bits per heavy atom. The highest BCUT2D eigenvalue weighted by Crippen LogP contribution is 2.11. The van der Waals surface area contributed by atoms with E-state index in [1.807, 2.05) is 6.07 Å².